The van der Waals surface area contributed by atoms with Gasteiger partial charge in [-0.15, -0.1) is 0 Å². The Morgan fingerprint density at radius 1 is 0.812 bits per heavy atom. The number of likely N-dealkylation sites (N-methyl/N-ethyl adjacent to an activating group) is 1. The second kappa shape index (κ2) is 8.55. The van der Waals surface area contributed by atoms with Gasteiger partial charge in [0, 0.05) is 29.3 Å². The second-order valence-electron chi connectivity index (χ2n) is 8.65. The molecule has 0 aliphatic carbocycles. The van der Waals surface area contributed by atoms with Crippen molar-refractivity contribution in [3.05, 3.63) is 47.0 Å². The number of rotatable bonds is 5. The lowest BCUT2D eigenvalue weighted by molar-refractivity contribution is 0.175. The van der Waals surface area contributed by atoms with E-state index in [-0.39, 0.29) is 6.04 Å². The van der Waals surface area contributed by atoms with Crippen molar-refractivity contribution in [2.75, 3.05) is 35.5 Å². The SMILES string of the molecule is COc1cc(OC)c2c(c1-c1ccc(OC)c3c(OC)cc(C)cc13)C[C@@H](C)N(C)[C@H]2C. The molecule has 0 N–H and O–H groups in total. The summed E-state index contributed by atoms with van der Waals surface area (Å²) in [6.45, 7) is 6.60. The molecule has 1 aliphatic heterocycles. The van der Waals surface area contributed by atoms with Crippen LogP contribution in [0.5, 0.6) is 23.0 Å². The molecule has 0 spiro atoms. The van der Waals surface area contributed by atoms with Crippen molar-refractivity contribution in [3.8, 4) is 34.1 Å². The summed E-state index contributed by atoms with van der Waals surface area (Å²) in [5.41, 5.74) is 5.88. The maximum absolute atomic E-state index is 5.94. The molecule has 1 aliphatic rings. The zero-order chi connectivity index (χ0) is 23.2. The van der Waals surface area contributed by atoms with Crippen molar-refractivity contribution in [2.24, 2.45) is 0 Å². The molecule has 0 fully saturated rings. The van der Waals surface area contributed by atoms with Gasteiger partial charge < -0.3 is 18.9 Å². The van der Waals surface area contributed by atoms with Crippen LogP contribution in [0.1, 0.15) is 36.6 Å². The zero-order valence-electron chi connectivity index (χ0n) is 20.3. The molecule has 0 saturated heterocycles. The van der Waals surface area contributed by atoms with Crippen LogP contribution >= 0.6 is 0 Å². The van der Waals surface area contributed by atoms with E-state index in [1.165, 1.54) is 11.1 Å². The average Bonchev–Trinajstić information content (AvgIpc) is 2.80. The van der Waals surface area contributed by atoms with E-state index in [2.05, 4.69) is 50.9 Å². The van der Waals surface area contributed by atoms with Gasteiger partial charge in [0.05, 0.1) is 33.8 Å². The van der Waals surface area contributed by atoms with Gasteiger partial charge >= 0.3 is 0 Å². The molecular formula is C27H33NO4. The average molecular weight is 436 g/mol. The third-order valence-electron chi connectivity index (χ3n) is 6.96. The van der Waals surface area contributed by atoms with Gasteiger partial charge in [0.2, 0.25) is 0 Å². The third-order valence-corrected chi connectivity index (χ3v) is 6.96. The Morgan fingerprint density at radius 3 is 2.09 bits per heavy atom. The van der Waals surface area contributed by atoms with Crippen LogP contribution in [0.25, 0.3) is 21.9 Å². The Balaban J connectivity index is 2.15. The van der Waals surface area contributed by atoms with Crippen LogP contribution in [0.4, 0.5) is 0 Å². The van der Waals surface area contributed by atoms with E-state index in [0.29, 0.717) is 6.04 Å². The number of nitrogens with zero attached hydrogens (tertiary/aromatic N) is 1. The molecule has 4 rings (SSSR count). The molecule has 1 heterocycles. The summed E-state index contributed by atoms with van der Waals surface area (Å²) in [5.74, 6) is 3.29. The predicted molar refractivity (Wildman–Crippen MR) is 130 cm³/mol. The fraction of sp³-hybridized carbons (Fsp3) is 0.407. The number of fused-ring (bicyclic) bond motifs is 2. The van der Waals surface area contributed by atoms with E-state index in [4.69, 9.17) is 18.9 Å². The highest BCUT2D eigenvalue weighted by Crippen LogP contribution is 2.50. The Labute approximate surface area is 190 Å². The van der Waals surface area contributed by atoms with Crippen LogP contribution in [0.15, 0.2) is 30.3 Å². The molecule has 0 amide bonds. The number of hydrogen-bond donors (Lipinski definition) is 0. The molecule has 32 heavy (non-hydrogen) atoms. The van der Waals surface area contributed by atoms with Crippen LogP contribution in [0.3, 0.4) is 0 Å². The molecular weight excluding hydrogens is 402 g/mol. The summed E-state index contributed by atoms with van der Waals surface area (Å²) in [6.07, 6.45) is 0.912. The summed E-state index contributed by atoms with van der Waals surface area (Å²) in [7, 11) is 9.04. The molecule has 0 aromatic heterocycles. The maximum Gasteiger partial charge on any atom is 0.130 e. The molecule has 0 saturated carbocycles. The van der Waals surface area contributed by atoms with Crippen LogP contribution in [0.2, 0.25) is 0 Å². The summed E-state index contributed by atoms with van der Waals surface area (Å²) >= 11 is 0. The summed E-state index contributed by atoms with van der Waals surface area (Å²) < 4.78 is 23.2. The normalized spacial score (nSPS) is 18.4. The van der Waals surface area contributed by atoms with Crippen LogP contribution < -0.4 is 18.9 Å². The van der Waals surface area contributed by atoms with Crippen molar-refractivity contribution in [1.82, 2.24) is 4.90 Å². The van der Waals surface area contributed by atoms with Gasteiger partial charge in [0.25, 0.3) is 0 Å². The number of aryl methyl sites for hydroxylation is 1. The first kappa shape index (κ1) is 22.3. The Hall–Kier alpha value is -2.92. The van der Waals surface area contributed by atoms with E-state index < -0.39 is 0 Å². The van der Waals surface area contributed by atoms with Crippen molar-refractivity contribution in [1.29, 1.82) is 0 Å². The minimum Gasteiger partial charge on any atom is -0.496 e. The van der Waals surface area contributed by atoms with E-state index >= 15 is 0 Å². The van der Waals surface area contributed by atoms with Gasteiger partial charge in [-0.25, -0.2) is 0 Å². The molecule has 5 heteroatoms. The highest BCUT2D eigenvalue weighted by atomic mass is 16.5. The number of ether oxygens (including phenoxy) is 4. The predicted octanol–water partition coefficient (Wildman–Crippen LogP) is 5.79. The lowest BCUT2D eigenvalue weighted by atomic mass is 9.82. The number of benzene rings is 3. The minimum absolute atomic E-state index is 0.231. The van der Waals surface area contributed by atoms with E-state index in [1.54, 1.807) is 28.4 Å². The van der Waals surface area contributed by atoms with Gasteiger partial charge in [0.1, 0.15) is 23.0 Å². The summed E-state index contributed by atoms with van der Waals surface area (Å²) in [4.78, 5) is 2.40. The molecule has 0 bridgehead atoms. The third kappa shape index (κ3) is 3.36. The number of hydrogen-bond acceptors (Lipinski definition) is 5. The van der Waals surface area contributed by atoms with Crippen LogP contribution in [-0.4, -0.2) is 46.4 Å². The molecule has 3 aromatic rings. The monoisotopic (exact) mass is 435 g/mol. The first-order chi connectivity index (χ1) is 15.4. The quantitative estimate of drug-likeness (QED) is 0.507. The molecule has 0 unspecified atom stereocenters. The smallest absolute Gasteiger partial charge is 0.130 e. The number of methoxy groups -OCH3 is 4. The Kier molecular flexibility index (Phi) is 5.95. The van der Waals surface area contributed by atoms with Gasteiger partial charge in [0.15, 0.2) is 0 Å². The zero-order valence-corrected chi connectivity index (χ0v) is 20.3. The lowest BCUT2D eigenvalue weighted by Gasteiger charge is -2.39. The van der Waals surface area contributed by atoms with Gasteiger partial charge in [-0.2, -0.15) is 0 Å². The fourth-order valence-electron chi connectivity index (χ4n) is 5.12. The van der Waals surface area contributed by atoms with Crippen molar-refractivity contribution in [3.63, 3.8) is 0 Å². The molecule has 5 nitrogen and oxygen atoms in total. The minimum atomic E-state index is 0.231. The standard InChI is InChI=1S/C27H33NO4/c1-15-11-19-18(9-10-21(29-5)27(19)22(12-15)30-6)26-20-13-16(2)28(4)17(3)25(20)23(31-7)14-24(26)32-8/h9-12,14,16-17H,13H2,1-8H3/t16-,17+/m1/s1. The molecule has 3 aromatic carbocycles. The maximum atomic E-state index is 5.94. The topological polar surface area (TPSA) is 40.2 Å². The first-order valence-corrected chi connectivity index (χ1v) is 11.0. The van der Waals surface area contributed by atoms with E-state index in [9.17, 15) is 0 Å². The van der Waals surface area contributed by atoms with E-state index in [0.717, 1.165) is 56.9 Å². The first-order valence-electron chi connectivity index (χ1n) is 11.0. The van der Waals surface area contributed by atoms with Crippen molar-refractivity contribution >= 4 is 10.8 Å². The second-order valence-corrected chi connectivity index (χ2v) is 8.65. The largest absolute Gasteiger partial charge is 0.496 e. The summed E-state index contributed by atoms with van der Waals surface area (Å²) in [6, 6.07) is 11.1. The lowest BCUT2D eigenvalue weighted by Crippen LogP contribution is -2.38. The van der Waals surface area contributed by atoms with Gasteiger partial charge in [-0.3, -0.25) is 4.90 Å². The van der Waals surface area contributed by atoms with Crippen LogP contribution in [0, 0.1) is 6.92 Å². The highest BCUT2D eigenvalue weighted by molar-refractivity contribution is 6.05. The Morgan fingerprint density at radius 2 is 1.47 bits per heavy atom. The molecule has 170 valence electrons. The van der Waals surface area contributed by atoms with E-state index in [1.807, 2.05) is 12.1 Å². The van der Waals surface area contributed by atoms with Gasteiger partial charge in [-0.1, -0.05) is 6.07 Å². The summed E-state index contributed by atoms with van der Waals surface area (Å²) in [5, 5.41) is 2.06. The molecule has 2 atom stereocenters. The fourth-order valence-corrected chi connectivity index (χ4v) is 5.12. The van der Waals surface area contributed by atoms with Crippen molar-refractivity contribution < 1.29 is 18.9 Å². The van der Waals surface area contributed by atoms with Gasteiger partial charge in [-0.05, 0) is 74.5 Å². The van der Waals surface area contributed by atoms with Crippen LogP contribution in [-0.2, 0) is 6.42 Å². The Bertz CT molecular complexity index is 1170. The van der Waals surface area contributed by atoms with Crippen molar-refractivity contribution in [2.45, 2.75) is 39.3 Å². The molecule has 0 radical (unpaired) electrons. The highest BCUT2D eigenvalue weighted by Gasteiger charge is 2.33.